The lowest BCUT2D eigenvalue weighted by Crippen LogP contribution is -2.58. The van der Waals surface area contributed by atoms with Crippen molar-refractivity contribution in [3.63, 3.8) is 0 Å². The van der Waals surface area contributed by atoms with Crippen LogP contribution in [0.3, 0.4) is 0 Å². The SMILES string of the molecule is CN(C(=O)Cc1ccc(Cl)c(Cl)c1)[C@H]1C[C@@]2(CCCO2)CC[C@@H]1N1CCCC1. The van der Waals surface area contributed by atoms with E-state index >= 15 is 0 Å². The van der Waals surface area contributed by atoms with E-state index in [-0.39, 0.29) is 17.6 Å². The van der Waals surface area contributed by atoms with E-state index in [2.05, 4.69) is 4.90 Å². The average molecular weight is 425 g/mol. The molecule has 0 aromatic heterocycles. The summed E-state index contributed by atoms with van der Waals surface area (Å²) < 4.78 is 6.21. The van der Waals surface area contributed by atoms with Gasteiger partial charge >= 0.3 is 0 Å². The van der Waals surface area contributed by atoms with Crippen molar-refractivity contribution in [2.75, 3.05) is 26.7 Å². The van der Waals surface area contributed by atoms with E-state index in [1.54, 1.807) is 12.1 Å². The molecule has 1 amide bonds. The molecule has 1 aliphatic carbocycles. The highest BCUT2D eigenvalue weighted by atomic mass is 35.5. The first kappa shape index (κ1) is 20.5. The topological polar surface area (TPSA) is 32.8 Å². The van der Waals surface area contributed by atoms with Gasteiger partial charge in [0.2, 0.25) is 5.91 Å². The zero-order valence-corrected chi connectivity index (χ0v) is 18.1. The van der Waals surface area contributed by atoms with Crippen molar-refractivity contribution in [2.45, 2.75) is 69.1 Å². The van der Waals surface area contributed by atoms with Crippen molar-refractivity contribution in [1.82, 2.24) is 9.80 Å². The molecule has 3 atom stereocenters. The number of hydrogen-bond donors (Lipinski definition) is 0. The molecular weight excluding hydrogens is 395 g/mol. The Morgan fingerprint density at radius 3 is 2.68 bits per heavy atom. The molecule has 1 aromatic rings. The molecule has 3 aliphatic rings. The third-order valence-electron chi connectivity index (χ3n) is 6.95. The Balaban J connectivity index is 1.50. The monoisotopic (exact) mass is 424 g/mol. The zero-order chi connectivity index (χ0) is 19.7. The Kier molecular flexibility index (Phi) is 6.22. The number of carbonyl (C=O) groups excluding carboxylic acids is 1. The van der Waals surface area contributed by atoms with Gasteiger partial charge in [-0.25, -0.2) is 0 Å². The highest BCUT2D eigenvalue weighted by Gasteiger charge is 2.47. The number of nitrogens with zero attached hydrogens (tertiary/aromatic N) is 2. The average Bonchev–Trinajstić information content (AvgIpc) is 3.37. The summed E-state index contributed by atoms with van der Waals surface area (Å²) in [6.45, 7) is 3.18. The summed E-state index contributed by atoms with van der Waals surface area (Å²) in [4.78, 5) is 17.8. The van der Waals surface area contributed by atoms with Crippen LogP contribution >= 0.6 is 23.2 Å². The van der Waals surface area contributed by atoms with Crippen molar-refractivity contribution in [2.24, 2.45) is 0 Å². The summed E-state index contributed by atoms with van der Waals surface area (Å²) in [5.74, 6) is 0.141. The lowest BCUT2D eigenvalue weighted by atomic mass is 9.76. The van der Waals surface area contributed by atoms with Gasteiger partial charge in [0, 0.05) is 25.7 Å². The fourth-order valence-electron chi connectivity index (χ4n) is 5.36. The largest absolute Gasteiger partial charge is 0.375 e. The van der Waals surface area contributed by atoms with Gasteiger partial charge in [0.25, 0.3) is 0 Å². The second-order valence-corrected chi connectivity index (χ2v) is 9.50. The molecule has 154 valence electrons. The second kappa shape index (κ2) is 8.51. The fraction of sp³-hybridized carbons (Fsp3) is 0.682. The maximum Gasteiger partial charge on any atom is 0.227 e. The van der Waals surface area contributed by atoms with Crippen molar-refractivity contribution < 1.29 is 9.53 Å². The van der Waals surface area contributed by atoms with Crippen LogP contribution in [0.1, 0.15) is 50.5 Å². The molecule has 1 aromatic carbocycles. The summed E-state index contributed by atoms with van der Waals surface area (Å²) in [5, 5.41) is 1.02. The van der Waals surface area contributed by atoms with E-state index in [0.29, 0.717) is 22.5 Å². The Morgan fingerprint density at radius 1 is 1.21 bits per heavy atom. The molecule has 28 heavy (non-hydrogen) atoms. The molecule has 4 nitrogen and oxygen atoms in total. The molecule has 0 bridgehead atoms. The minimum atomic E-state index is -0.0149. The van der Waals surface area contributed by atoms with Gasteiger partial charge < -0.3 is 9.64 Å². The summed E-state index contributed by atoms with van der Waals surface area (Å²) in [6.07, 6.45) is 8.36. The molecule has 3 fully saturated rings. The number of halogens is 2. The van der Waals surface area contributed by atoms with Gasteiger partial charge in [-0.05, 0) is 75.7 Å². The van der Waals surface area contributed by atoms with Gasteiger partial charge in [-0.2, -0.15) is 0 Å². The Hall–Kier alpha value is -0.810. The molecule has 2 heterocycles. The number of amides is 1. The van der Waals surface area contributed by atoms with Gasteiger partial charge in [-0.15, -0.1) is 0 Å². The van der Waals surface area contributed by atoms with Crippen LogP contribution in [0.2, 0.25) is 10.0 Å². The lowest BCUT2D eigenvalue weighted by molar-refractivity contribution is -0.137. The maximum absolute atomic E-state index is 13.2. The van der Waals surface area contributed by atoms with Crippen molar-refractivity contribution in [1.29, 1.82) is 0 Å². The molecule has 2 saturated heterocycles. The molecule has 0 radical (unpaired) electrons. The molecule has 1 saturated carbocycles. The zero-order valence-electron chi connectivity index (χ0n) is 16.6. The quantitative estimate of drug-likeness (QED) is 0.709. The van der Waals surface area contributed by atoms with Gasteiger partial charge in [0.15, 0.2) is 0 Å². The van der Waals surface area contributed by atoms with E-state index in [0.717, 1.165) is 57.4 Å². The summed E-state index contributed by atoms with van der Waals surface area (Å²) in [7, 11) is 1.97. The molecule has 6 heteroatoms. The van der Waals surface area contributed by atoms with Gasteiger partial charge in [-0.1, -0.05) is 29.3 Å². The third-order valence-corrected chi connectivity index (χ3v) is 7.68. The molecular formula is C22H30Cl2N2O2. The highest BCUT2D eigenvalue weighted by molar-refractivity contribution is 6.42. The lowest BCUT2D eigenvalue weighted by Gasteiger charge is -2.48. The van der Waals surface area contributed by atoms with Gasteiger partial charge in [0.05, 0.1) is 22.1 Å². The van der Waals surface area contributed by atoms with Crippen LogP contribution in [0, 0.1) is 0 Å². The van der Waals surface area contributed by atoms with E-state index in [1.165, 1.54) is 12.8 Å². The van der Waals surface area contributed by atoms with Crippen LogP contribution < -0.4 is 0 Å². The number of likely N-dealkylation sites (tertiary alicyclic amines) is 1. The number of ether oxygens (including phenoxy) is 1. The highest BCUT2D eigenvalue weighted by Crippen LogP contribution is 2.42. The normalized spacial score (nSPS) is 30.8. The van der Waals surface area contributed by atoms with Crippen LogP contribution in [-0.4, -0.2) is 60.1 Å². The Labute approximate surface area is 178 Å². The number of likely N-dealkylation sites (N-methyl/N-ethyl adjacent to an activating group) is 1. The maximum atomic E-state index is 13.2. The number of carbonyl (C=O) groups is 1. The molecule has 4 rings (SSSR count). The molecule has 1 spiro atoms. The van der Waals surface area contributed by atoms with Crippen molar-refractivity contribution >= 4 is 29.1 Å². The first-order valence-corrected chi connectivity index (χ1v) is 11.3. The summed E-state index contributed by atoms with van der Waals surface area (Å²) >= 11 is 12.2. The third kappa shape index (κ3) is 4.21. The van der Waals surface area contributed by atoms with Gasteiger partial charge in [0.1, 0.15) is 0 Å². The smallest absolute Gasteiger partial charge is 0.227 e. The fourth-order valence-corrected chi connectivity index (χ4v) is 5.68. The molecule has 0 N–H and O–H groups in total. The van der Waals surface area contributed by atoms with E-state index in [4.69, 9.17) is 27.9 Å². The Bertz CT molecular complexity index is 714. The predicted octanol–water partition coefficient (Wildman–Crippen LogP) is 4.56. The summed E-state index contributed by atoms with van der Waals surface area (Å²) in [6, 6.07) is 6.11. The second-order valence-electron chi connectivity index (χ2n) is 8.69. The van der Waals surface area contributed by atoms with Crippen molar-refractivity contribution in [3.05, 3.63) is 33.8 Å². The van der Waals surface area contributed by atoms with Crippen LogP contribution in [-0.2, 0) is 16.0 Å². The minimum Gasteiger partial charge on any atom is -0.375 e. The minimum absolute atomic E-state index is 0.0149. The Morgan fingerprint density at radius 2 is 2.00 bits per heavy atom. The van der Waals surface area contributed by atoms with Crippen LogP contribution in [0.15, 0.2) is 18.2 Å². The van der Waals surface area contributed by atoms with E-state index in [9.17, 15) is 4.79 Å². The first-order valence-electron chi connectivity index (χ1n) is 10.6. The first-order chi connectivity index (χ1) is 13.5. The standard InChI is InChI=1S/C22H30Cl2N2O2/c1-25(21(27)14-16-5-6-17(23)18(24)13-16)20-15-22(8-4-12-28-22)9-7-19(20)26-10-2-3-11-26/h5-6,13,19-20H,2-4,7-12,14-15H2,1H3/t19-,20-,22+/m0/s1. The number of hydrogen-bond acceptors (Lipinski definition) is 3. The summed E-state index contributed by atoms with van der Waals surface area (Å²) in [5.41, 5.74) is 0.894. The molecule has 2 aliphatic heterocycles. The van der Waals surface area contributed by atoms with E-state index < -0.39 is 0 Å². The number of rotatable bonds is 4. The molecule has 0 unspecified atom stereocenters. The van der Waals surface area contributed by atoms with Crippen molar-refractivity contribution in [3.8, 4) is 0 Å². The van der Waals surface area contributed by atoms with Crippen LogP contribution in [0.25, 0.3) is 0 Å². The van der Waals surface area contributed by atoms with Crippen LogP contribution in [0.4, 0.5) is 0 Å². The number of benzene rings is 1. The van der Waals surface area contributed by atoms with Gasteiger partial charge in [-0.3, -0.25) is 9.69 Å². The predicted molar refractivity (Wildman–Crippen MR) is 113 cm³/mol. The van der Waals surface area contributed by atoms with E-state index in [1.807, 2.05) is 18.0 Å². The van der Waals surface area contributed by atoms with Crippen LogP contribution in [0.5, 0.6) is 0 Å².